The van der Waals surface area contributed by atoms with E-state index in [1.807, 2.05) is 0 Å². The van der Waals surface area contributed by atoms with Gasteiger partial charge in [-0.2, -0.15) is 0 Å². The van der Waals surface area contributed by atoms with Gasteiger partial charge < -0.3 is 14.5 Å². The van der Waals surface area contributed by atoms with Gasteiger partial charge in [0.25, 0.3) is 5.69 Å². The van der Waals surface area contributed by atoms with Crippen LogP contribution in [0, 0.1) is 23.0 Å². The minimum Gasteiger partial charge on any atom is -0.464 e. The van der Waals surface area contributed by atoms with Crippen LogP contribution in [0.5, 0.6) is 5.75 Å². The number of nitrogens with zero attached hydrogens (tertiary/aromatic N) is 3. The highest BCUT2D eigenvalue weighted by Crippen LogP contribution is 2.32. The van der Waals surface area contributed by atoms with Gasteiger partial charge in [0.1, 0.15) is 12.0 Å². The average Bonchev–Trinajstić information content (AvgIpc) is 3.54. The summed E-state index contributed by atoms with van der Waals surface area (Å²) in [5.41, 5.74) is -0.697. The molecule has 33 heavy (non-hydrogen) atoms. The predicted molar refractivity (Wildman–Crippen MR) is 119 cm³/mol. The van der Waals surface area contributed by atoms with Crippen LogP contribution < -0.4 is 15.5 Å². The first-order valence-corrected chi connectivity index (χ1v) is 11.5. The monoisotopic (exact) mass is 488 g/mol. The number of benzene rings is 1. The number of rotatable bonds is 8. The van der Waals surface area contributed by atoms with Crippen LogP contribution in [0.25, 0.3) is 0 Å². The first-order valence-electron chi connectivity index (χ1n) is 9.67. The third-order valence-corrected chi connectivity index (χ3v) is 6.69. The molecule has 0 unspecified atom stereocenters. The van der Waals surface area contributed by atoms with E-state index < -0.39 is 16.3 Å². The fourth-order valence-corrected chi connectivity index (χ4v) is 4.44. The summed E-state index contributed by atoms with van der Waals surface area (Å²) in [5.74, 6) is -0.651. The summed E-state index contributed by atoms with van der Waals surface area (Å²) in [6.07, 6.45) is 2.80. The minimum absolute atomic E-state index is 0.0240. The molecule has 0 spiro atoms. The number of nitrogens with one attached hydrogen (secondary N) is 1. The summed E-state index contributed by atoms with van der Waals surface area (Å²) in [4.78, 5) is 47.0. The van der Waals surface area contributed by atoms with Crippen molar-refractivity contribution in [3.05, 3.63) is 67.8 Å². The third kappa shape index (κ3) is 5.43. The van der Waals surface area contributed by atoms with Gasteiger partial charge in [0.05, 0.1) is 16.2 Å². The number of hydrogen-bond acceptors (Lipinski definition) is 11. The number of hydrogen-bond donors (Lipinski definition) is 1. The molecule has 2 aromatic heterocycles. The van der Waals surface area contributed by atoms with Crippen molar-refractivity contribution < 1.29 is 23.7 Å². The lowest BCUT2D eigenvalue weighted by Crippen LogP contribution is -2.16. The van der Waals surface area contributed by atoms with E-state index in [2.05, 4.69) is 15.5 Å². The number of nitro groups is 1. The molecule has 1 aliphatic carbocycles. The Kier molecular flexibility index (Phi) is 6.51. The van der Waals surface area contributed by atoms with Gasteiger partial charge in [-0.3, -0.25) is 19.7 Å². The number of carbonyl (C=O) groups is 2. The molecule has 11 nitrogen and oxygen atoms in total. The molecular weight excluding hydrogens is 472 g/mol. The van der Waals surface area contributed by atoms with Gasteiger partial charge in [-0.25, -0.2) is 4.79 Å². The van der Waals surface area contributed by atoms with Crippen LogP contribution in [0.3, 0.4) is 0 Å². The SMILES string of the molecule is Cc1c(C(=O)Oc2coc(CSc3nnc(NC(=O)C4CC4)s3)cc2=O)cccc1[N+](=O)[O-]. The second-order valence-corrected chi connectivity index (χ2v) is 9.30. The molecule has 1 aliphatic rings. The number of amides is 1. The minimum atomic E-state index is -0.903. The lowest BCUT2D eigenvalue weighted by molar-refractivity contribution is -0.385. The van der Waals surface area contributed by atoms with Crippen molar-refractivity contribution in [2.45, 2.75) is 29.9 Å². The molecule has 1 amide bonds. The highest BCUT2D eigenvalue weighted by atomic mass is 32.2. The van der Waals surface area contributed by atoms with Gasteiger partial charge in [-0.1, -0.05) is 29.2 Å². The van der Waals surface area contributed by atoms with E-state index in [9.17, 15) is 24.5 Å². The van der Waals surface area contributed by atoms with Crippen LogP contribution in [0.4, 0.5) is 10.8 Å². The van der Waals surface area contributed by atoms with Crippen LogP contribution in [0.1, 0.15) is 34.5 Å². The molecule has 2 heterocycles. The topological polar surface area (TPSA) is 155 Å². The molecule has 0 radical (unpaired) electrons. The zero-order valence-corrected chi connectivity index (χ0v) is 18.7. The maximum absolute atomic E-state index is 12.4. The molecule has 1 fully saturated rings. The van der Waals surface area contributed by atoms with Gasteiger partial charge in [-0.15, -0.1) is 10.2 Å². The van der Waals surface area contributed by atoms with Crippen LogP contribution >= 0.6 is 23.1 Å². The summed E-state index contributed by atoms with van der Waals surface area (Å²) in [7, 11) is 0. The van der Waals surface area contributed by atoms with Gasteiger partial charge in [0.2, 0.25) is 22.2 Å². The standard InChI is InChI=1S/C20H16N4O7S2/c1-10-13(3-2-4-14(10)24(28)29)18(27)31-16-8-30-12(7-15(16)25)9-32-20-23-22-19(33-20)21-17(26)11-5-6-11/h2-4,7-8,11H,5-6,9H2,1H3,(H,21,22,26). The summed E-state index contributed by atoms with van der Waals surface area (Å²) in [6, 6.07) is 5.20. The first kappa shape index (κ1) is 22.6. The van der Waals surface area contributed by atoms with Gasteiger partial charge in [0, 0.05) is 23.6 Å². The molecule has 0 saturated heterocycles. The highest BCUT2D eigenvalue weighted by molar-refractivity contribution is 8.00. The summed E-state index contributed by atoms with van der Waals surface area (Å²) in [5, 5.41) is 22.1. The molecule has 170 valence electrons. The number of thioether (sulfide) groups is 1. The van der Waals surface area contributed by atoms with Crippen molar-refractivity contribution in [2.75, 3.05) is 5.32 Å². The van der Waals surface area contributed by atoms with Crippen molar-refractivity contribution in [1.29, 1.82) is 0 Å². The van der Waals surface area contributed by atoms with Crippen LogP contribution in [-0.2, 0) is 10.5 Å². The maximum Gasteiger partial charge on any atom is 0.344 e. The van der Waals surface area contributed by atoms with Gasteiger partial charge >= 0.3 is 5.97 Å². The van der Waals surface area contributed by atoms with Crippen LogP contribution in [0.2, 0.25) is 0 Å². The van der Waals surface area contributed by atoms with E-state index in [-0.39, 0.29) is 40.1 Å². The van der Waals surface area contributed by atoms with Crippen molar-refractivity contribution in [2.24, 2.45) is 5.92 Å². The predicted octanol–water partition coefficient (Wildman–Crippen LogP) is 3.57. The molecule has 0 bridgehead atoms. The third-order valence-electron chi connectivity index (χ3n) is 4.70. The fourth-order valence-electron chi connectivity index (χ4n) is 2.79. The number of carbonyl (C=O) groups excluding carboxylic acids is 2. The molecule has 0 aliphatic heterocycles. The molecule has 1 aromatic carbocycles. The zero-order chi connectivity index (χ0) is 23.5. The average molecular weight is 489 g/mol. The number of ether oxygens (including phenoxy) is 1. The van der Waals surface area contributed by atoms with E-state index in [1.54, 1.807) is 0 Å². The molecular formula is C20H16N4O7S2. The van der Waals surface area contributed by atoms with Gasteiger partial charge in [0.15, 0.2) is 4.34 Å². The lowest BCUT2D eigenvalue weighted by atomic mass is 10.1. The number of aromatic nitrogens is 2. The normalized spacial score (nSPS) is 12.9. The quantitative estimate of drug-likeness (QED) is 0.163. The molecule has 1 saturated carbocycles. The Balaban J connectivity index is 1.37. The van der Waals surface area contributed by atoms with E-state index in [0.717, 1.165) is 19.1 Å². The van der Waals surface area contributed by atoms with E-state index in [4.69, 9.17) is 9.15 Å². The van der Waals surface area contributed by atoms with E-state index in [1.165, 1.54) is 54.3 Å². The smallest absolute Gasteiger partial charge is 0.344 e. The van der Waals surface area contributed by atoms with E-state index in [0.29, 0.717) is 15.2 Å². The Morgan fingerprint density at radius 2 is 2.15 bits per heavy atom. The van der Waals surface area contributed by atoms with Crippen molar-refractivity contribution in [1.82, 2.24) is 10.2 Å². The van der Waals surface area contributed by atoms with Crippen molar-refractivity contribution >= 4 is 45.8 Å². The molecule has 1 N–H and O–H groups in total. The number of nitro benzene ring substituents is 1. The molecule has 13 heteroatoms. The Labute approximate surface area is 194 Å². The lowest BCUT2D eigenvalue weighted by Gasteiger charge is -2.07. The Hall–Kier alpha value is -3.58. The summed E-state index contributed by atoms with van der Waals surface area (Å²) in [6.45, 7) is 1.42. The zero-order valence-electron chi connectivity index (χ0n) is 17.1. The Morgan fingerprint density at radius 3 is 2.85 bits per heavy atom. The largest absolute Gasteiger partial charge is 0.464 e. The number of anilines is 1. The summed E-state index contributed by atoms with van der Waals surface area (Å²) >= 11 is 2.48. The Morgan fingerprint density at radius 1 is 1.36 bits per heavy atom. The summed E-state index contributed by atoms with van der Waals surface area (Å²) < 4.78 is 11.1. The Bertz CT molecular complexity index is 1300. The van der Waals surface area contributed by atoms with Crippen molar-refractivity contribution in [3.63, 3.8) is 0 Å². The fraction of sp³-hybridized carbons (Fsp3) is 0.250. The van der Waals surface area contributed by atoms with Crippen LogP contribution in [0.15, 0.2) is 44.1 Å². The first-order chi connectivity index (χ1) is 15.8. The highest BCUT2D eigenvalue weighted by Gasteiger charge is 2.30. The second-order valence-electron chi connectivity index (χ2n) is 7.10. The maximum atomic E-state index is 12.4. The van der Waals surface area contributed by atoms with Gasteiger partial charge in [-0.05, 0) is 25.8 Å². The second kappa shape index (κ2) is 9.50. The number of esters is 1. The van der Waals surface area contributed by atoms with E-state index >= 15 is 0 Å². The van der Waals surface area contributed by atoms with Crippen LogP contribution in [-0.4, -0.2) is 27.0 Å². The molecule has 0 atom stereocenters. The molecule has 3 aromatic rings. The molecule has 4 rings (SSSR count). The van der Waals surface area contributed by atoms with Crippen molar-refractivity contribution in [3.8, 4) is 5.75 Å².